The summed E-state index contributed by atoms with van der Waals surface area (Å²) in [6, 6.07) is 5.97. The number of ether oxygens (including phenoxy) is 2. The number of aliphatic hydroxyl groups is 1. The average Bonchev–Trinajstić information content (AvgIpc) is 2.49. The van der Waals surface area contributed by atoms with Crippen molar-refractivity contribution in [2.75, 3.05) is 31.2 Å². The van der Waals surface area contributed by atoms with Crippen molar-refractivity contribution in [1.82, 2.24) is 4.98 Å². The molecule has 2 aliphatic heterocycles. The van der Waals surface area contributed by atoms with E-state index in [1.54, 1.807) is 6.20 Å². The number of hydrogen-bond donors (Lipinski definition) is 1. The first kappa shape index (κ1) is 12.7. The van der Waals surface area contributed by atoms with Crippen LogP contribution in [0.25, 0.3) is 10.8 Å². The molecular formula is C16H18N2O3. The molecule has 0 amide bonds. The van der Waals surface area contributed by atoms with Gasteiger partial charge in [-0.05, 0) is 30.0 Å². The Morgan fingerprint density at radius 2 is 1.95 bits per heavy atom. The Kier molecular flexibility index (Phi) is 2.72. The standard InChI is InChI=1S/C16H18N2O3/c1-2-16(19)9-18(10-16)15-12-8-14-13(20-5-6-21-14)7-11(12)3-4-17-15/h3-4,7-8,19H,2,5-6,9-10H2,1H3. The molecule has 1 aromatic carbocycles. The summed E-state index contributed by atoms with van der Waals surface area (Å²) >= 11 is 0. The molecule has 2 aliphatic rings. The van der Waals surface area contributed by atoms with Crippen molar-refractivity contribution in [3.8, 4) is 11.5 Å². The third-order valence-corrected chi connectivity index (χ3v) is 4.33. The fourth-order valence-electron chi connectivity index (χ4n) is 2.98. The van der Waals surface area contributed by atoms with Crippen LogP contribution in [0.4, 0.5) is 5.82 Å². The molecule has 5 nitrogen and oxygen atoms in total. The highest BCUT2D eigenvalue weighted by Gasteiger charge is 2.40. The summed E-state index contributed by atoms with van der Waals surface area (Å²) in [7, 11) is 0. The Morgan fingerprint density at radius 3 is 2.67 bits per heavy atom. The first-order valence-electron chi connectivity index (χ1n) is 7.34. The minimum Gasteiger partial charge on any atom is -0.486 e. The summed E-state index contributed by atoms with van der Waals surface area (Å²) in [5, 5.41) is 12.3. The molecule has 0 saturated carbocycles. The molecule has 21 heavy (non-hydrogen) atoms. The van der Waals surface area contributed by atoms with Crippen LogP contribution >= 0.6 is 0 Å². The molecule has 0 spiro atoms. The highest BCUT2D eigenvalue weighted by molar-refractivity contribution is 5.95. The molecule has 110 valence electrons. The van der Waals surface area contributed by atoms with E-state index in [2.05, 4.69) is 9.88 Å². The highest BCUT2D eigenvalue weighted by atomic mass is 16.6. The summed E-state index contributed by atoms with van der Waals surface area (Å²) in [6.07, 6.45) is 2.57. The molecule has 5 heteroatoms. The Hall–Kier alpha value is -2.01. The predicted octanol–water partition coefficient (Wildman–Crippen LogP) is 1.97. The van der Waals surface area contributed by atoms with E-state index >= 15 is 0 Å². The minimum atomic E-state index is -0.572. The zero-order valence-electron chi connectivity index (χ0n) is 12.0. The molecule has 0 bridgehead atoms. The second kappa shape index (κ2) is 4.49. The van der Waals surface area contributed by atoms with Crippen LogP contribution in [-0.2, 0) is 0 Å². The van der Waals surface area contributed by atoms with Gasteiger partial charge in [0.1, 0.15) is 19.0 Å². The van der Waals surface area contributed by atoms with E-state index in [0.717, 1.165) is 34.5 Å². The molecule has 1 fully saturated rings. The topological polar surface area (TPSA) is 54.8 Å². The average molecular weight is 286 g/mol. The molecule has 0 radical (unpaired) electrons. The fraction of sp³-hybridized carbons (Fsp3) is 0.438. The van der Waals surface area contributed by atoms with Crippen molar-refractivity contribution in [1.29, 1.82) is 0 Å². The Morgan fingerprint density at radius 1 is 1.24 bits per heavy atom. The Balaban J connectivity index is 1.76. The fourth-order valence-corrected chi connectivity index (χ4v) is 2.98. The smallest absolute Gasteiger partial charge is 0.162 e. The Bertz CT molecular complexity index is 695. The summed E-state index contributed by atoms with van der Waals surface area (Å²) in [6.45, 7) is 4.43. The van der Waals surface area contributed by atoms with Crippen LogP contribution in [0, 0.1) is 0 Å². The lowest BCUT2D eigenvalue weighted by Gasteiger charge is -2.47. The molecule has 2 aromatic rings. The number of fused-ring (bicyclic) bond motifs is 2. The van der Waals surface area contributed by atoms with E-state index in [4.69, 9.17) is 9.47 Å². The molecular weight excluding hydrogens is 268 g/mol. The maximum Gasteiger partial charge on any atom is 0.162 e. The van der Waals surface area contributed by atoms with Gasteiger partial charge < -0.3 is 19.5 Å². The van der Waals surface area contributed by atoms with Gasteiger partial charge in [-0.1, -0.05) is 6.92 Å². The first-order valence-corrected chi connectivity index (χ1v) is 7.34. The number of nitrogens with zero attached hydrogens (tertiary/aromatic N) is 2. The van der Waals surface area contributed by atoms with Gasteiger partial charge in [-0.3, -0.25) is 0 Å². The van der Waals surface area contributed by atoms with E-state index in [9.17, 15) is 5.11 Å². The quantitative estimate of drug-likeness (QED) is 0.914. The van der Waals surface area contributed by atoms with Gasteiger partial charge in [0.15, 0.2) is 11.5 Å². The van der Waals surface area contributed by atoms with Crippen LogP contribution in [0.5, 0.6) is 11.5 Å². The monoisotopic (exact) mass is 286 g/mol. The third kappa shape index (κ3) is 2.00. The summed E-state index contributed by atoms with van der Waals surface area (Å²) in [5.74, 6) is 2.47. The lowest BCUT2D eigenvalue weighted by atomic mass is 9.91. The van der Waals surface area contributed by atoms with E-state index in [1.807, 2.05) is 25.1 Å². The lowest BCUT2D eigenvalue weighted by Crippen LogP contribution is -2.61. The molecule has 0 atom stereocenters. The molecule has 4 rings (SSSR count). The van der Waals surface area contributed by atoms with Crippen LogP contribution in [0.3, 0.4) is 0 Å². The van der Waals surface area contributed by atoms with E-state index < -0.39 is 5.60 Å². The number of anilines is 1. The van der Waals surface area contributed by atoms with Crippen molar-refractivity contribution in [2.45, 2.75) is 18.9 Å². The molecule has 0 aliphatic carbocycles. The third-order valence-electron chi connectivity index (χ3n) is 4.33. The predicted molar refractivity (Wildman–Crippen MR) is 80.2 cm³/mol. The Labute approximate surface area is 123 Å². The van der Waals surface area contributed by atoms with Crippen molar-refractivity contribution < 1.29 is 14.6 Å². The maximum atomic E-state index is 10.2. The van der Waals surface area contributed by atoms with Crippen LogP contribution < -0.4 is 14.4 Å². The van der Waals surface area contributed by atoms with Crippen LogP contribution in [0.2, 0.25) is 0 Å². The number of β-amino-alcohol motifs (C(OH)–C–C–N with tert-alkyl or cyclic N) is 1. The molecule has 1 N–H and O–H groups in total. The largest absolute Gasteiger partial charge is 0.486 e. The first-order chi connectivity index (χ1) is 10.2. The maximum absolute atomic E-state index is 10.2. The van der Waals surface area contributed by atoms with Crippen molar-refractivity contribution in [3.05, 3.63) is 24.4 Å². The number of benzene rings is 1. The second-order valence-corrected chi connectivity index (χ2v) is 5.79. The van der Waals surface area contributed by atoms with Gasteiger partial charge in [-0.25, -0.2) is 4.98 Å². The molecule has 0 unspecified atom stereocenters. The van der Waals surface area contributed by atoms with Gasteiger partial charge in [-0.2, -0.15) is 0 Å². The van der Waals surface area contributed by atoms with E-state index in [1.165, 1.54) is 0 Å². The van der Waals surface area contributed by atoms with Gasteiger partial charge in [0.05, 0.1) is 5.60 Å². The van der Waals surface area contributed by atoms with Crippen LogP contribution in [-0.4, -0.2) is 42.0 Å². The lowest BCUT2D eigenvalue weighted by molar-refractivity contribution is 0.00824. The summed E-state index contributed by atoms with van der Waals surface area (Å²) in [4.78, 5) is 6.61. The van der Waals surface area contributed by atoms with Crippen molar-refractivity contribution >= 4 is 16.6 Å². The summed E-state index contributed by atoms with van der Waals surface area (Å²) < 4.78 is 11.3. The highest BCUT2D eigenvalue weighted by Crippen LogP contribution is 2.39. The second-order valence-electron chi connectivity index (χ2n) is 5.79. The zero-order valence-corrected chi connectivity index (χ0v) is 12.0. The van der Waals surface area contributed by atoms with Gasteiger partial charge in [-0.15, -0.1) is 0 Å². The van der Waals surface area contributed by atoms with E-state index in [-0.39, 0.29) is 0 Å². The van der Waals surface area contributed by atoms with Crippen molar-refractivity contribution in [3.63, 3.8) is 0 Å². The number of hydrogen-bond acceptors (Lipinski definition) is 5. The molecule has 1 aromatic heterocycles. The SMILES string of the molecule is CCC1(O)CN(c2nccc3cc4c(cc23)OCCO4)C1. The summed E-state index contributed by atoms with van der Waals surface area (Å²) in [5.41, 5.74) is -0.572. The normalized spacial score (nSPS) is 19.4. The number of pyridine rings is 1. The van der Waals surface area contributed by atoms with Crippen LogP contribution in [0.1, 0.15) is 13.3 Å². The zero-order chi connectivity index (χ0) is 14.4. The van der Waals surface area contributed by atoms with Crippen molar-refractivity contribution in [2.24, 2.45) is 0 Å². The number of rotatable bonds is 2. The molecule has 1 saturated heterocycles. The minimum absolute atomic E-state index is 0.572. The number of aromatic nitrogens is 1. The van der Waals surface area contributed by atoms with Crippen LogP contribution in [0.15, 0.2) is 24.4 Å². The van der Waals surface area contributed by atoms with Gasteiger partial charge >= 0.3 is 0 Å². The molecule has 3 heterocycles. The van der Waals surface area contributed by atoms with Gasteiger partial charge in [0.2, 0.25) is 0 Å². The van der Waals surface area contributed by atoms with Gasteiger partial charge in [0.25, 0.3) is 0 Å². The van der Waals surface area contributed by atoms with E-state index in [0.29, 0.717) is 26.3 Å². The van der Waals surface area contributed by atoms with Gasteiger partial charge in [0, 0.05) is 24.7 Å².